The molecular weight excluding hydrogens is 462 g/mol. The highest BCUT2D eigenvalue weighted by molar-refractivity contribution is 9.11. The molecule has 0 saturated carbocycles. The number of carbonyl (C=O) groups excluding carboxylic acids is 1. The maximum Gasteiger partial charge on any atom is 0.262 e. The zero-order valence-corrected chi connectivity index (χ0v) is 16.7. The van der Waals surface area contributed by atoms with Crippen LogP contribution in [0.15, 0.2) is 68.5 Å². The van der Waals surface area contributed by atoms with Crippen molar-refractivity contribution in [2.24, 2.45) is 10.8 Å². The summed E-state index contributed by atoms with van der Waals surface area (Å²) < 4.78 is 1.08. The molecular formula is C19H15Br2N3O2. The molecule has 0 saturated heterocycles. The number of halogens is 2. The normalized spacial score (nSPS) is 11.2. The minimum atomic E-state index is -0.325. The number of hydrogen-bond donors (Lipinski definition) is 2. The van der Waals surface area contributed by atoms with Gasteiger partial charge in [-0.25, -0.2) is 10.9 Å². The number of aromatic hydroxyl groups is 1. The standard InChI is InChI=1S/C19H15Br2N3O2/c20-15-8-12(9-16(21)19(15)26)10-23-11-18(25)24(22)17-7-3-5-13-4-1-2-6-14(13)17/h1-10,26H,11,22H2. The lowest BCUT2D eigenvalue weighted by molar-refractivity contribution is -0.117. The van der Waals surface area contributed by atoms with Gasteiger partial charge in [-0.15, -0.1) is 0 Å². The van der Waals surface area contributed by atoms with Crippen LogP contribution in [-0.2, 0) is 4.79 Å². The van der Waals surface area contributed by atoms with Gasteiger partial charge in [0.15, 0.2) is 0 Å². The predicted molar refractivity (Wildman–Crippen MR) is 112 cm³/mol. The topological polar surface area (TPSA) is 78.9 Å². The first-order valence-electron chi connectivity index (χ1n) is 7.70. The highest BCUT2D eigenvalue weighted by atomic mass is 79.9. The molecule has 0 atom stereocenters. The van der Waals surface area contributed by atoms with Crippen molar-refractivity contribution in [2.75, 3.05) is 11.6 Å². The van der Waals surface area contributed by atoms with Crippen LogP contribution in [0.5, 0.6) is 5.75 Å². The van der Waals surface area contributed by atoms with Crippen molar-refractivity contribution in [1.29, 1.82) is 0 Å². The van der Waals surface area contributed by atoms with E-state index in [-0.39, 0.29) is 18.2 Å². The highest BCUT2D eigenvalue weighted by Crippen LogP contribution is 2.32. The molecule has 26 heavy (non-hydrogen) atoms. The second-order valence-electron chi connectivity index (χ2n) is 5.56. The zero-order chi connectivity index (χ0) is 18.7. The van der Waals surface area contributed by atoms with E-state index in [2.05, 4.69) is 36.9 Å². The smallest absolute Gasteiger partial charge is 0.262 e. The lowest BCUT2D eigenvalue weighted by Crippen LogP contribution is -2.39. The molecule has 3 aromatic rings. The number of rotatable bonds is 4. The van der Waals surface area contributed by atoms with Crippen molar-refractivity contribution in [2.45, 2.75) is 0 Å². The van der Waals surface area contributed by atoms with Gasteiger partial charge < -0.3 is 5.11 Å². The number of phenolic OH excluding ortho intramolecular Hbond substituents is 1. The van der Waals surface area contributed by atoms with Crippen LogP contribution in [0, 0.1) is 0 Å². The summed E-state index contributed by atoms with van der Waals surface area (Å²) in [5.41, 5.74) is 1.38. The van der Waals surface area contributed by atoms with E-state index in [0.29, 0.717) is 14.6 Å². The SMILES string of the molecule is NN(C(=O)CN=Cc1cc(Br)c(O)c(Br)c1)c1cccc2ccccc12. The number of nitrogens with zero attached hydrogens (tertiary/aromatic N) is 2. The number of amides is 1. The van der Waals surface area contributed by atoms with Crippen LogP contribution in [-0.4, -0.2) is 23.8 Å². The van der Waals surface area contributed by atoms with Crippen LogP contribution >= 0.6 is 31.9 Å². The predicted octanol–water partition coefficient (Wildman–Crippen LogP) is 4.40. The van der Waals surface area contributed by atoms with E-state index in [0.717, 1.165) is 21.3 Å². The van der Waals surface area contributed by atoms with Crippen molar-refractivity contribution >= 4 is 60.4 Å². The molecule has 0 aliphatic carbocycles. The molecule has 5 nitrogen and oxygen atoms in total. The average Bonchev–Trinajstić information content (AvgIpc) is 2.65. The first-order chi connectivity index (χ1) is 12.5. The maximum atomic E-state index is 12.4. The Hall–Kier alpha value is -2.22. The molecule has 3 rings (SSSR count). The third-order valence-electron chi connectivity index (χ3n) is 3.80. The maximum absolute atomic E-state index is 12.4. The summed E-state index contributed by atoms with van der Waals surface area (Å²) in [7, 11) is 0. The van der Waals surface area contributed by atoms with E-state index in [9.17, 15) is 9.90 Å². The summed E-state index contributed by atoms with van der Waals surface area (Å²) in [4.78, 5) is 16.6. The van der Waals surface area contributed by atoms with Crippen LogP contribution in [0.2, 0.25) is 0 Å². The molecule has 0 fully saturated rings. The van der Waals surface area contributed by atoms with E-state index in [1.807, 2.05) is 36.4 Å². The lowest BCUT2D eigenvalue weighted by Gasteiger charge is -2.17. The molecule has 132 valence electrons. The second-order valence-corrected chi connectivity index (χ2v) is 7.27. The van der Waals surface area contributed by atoms with Gasteiger partial charge in [0.2, 0.25) is 0 Å². The monoisotopic (exact) mass is 475 g/mol. The summed E-state index contributed by atoms with van der Waals surface area (Å²) in [6, 6.07) is 16.8. The lowest BCUT2D eigenvalue weighted by atomic mass is 10.1. The molecule has 0 aliphatic heterocycles. The number of anilines is 1. The number of hydrogen-bond acceptors (Lipinski definition) is 4. The molecule has 0 spiro atoms. The minimum Gasteiger partial charge on any atom is -0.506 e. The summed E-state index contributed by atoms with van der Waals surface area (Å²) in [6.07, 6.45) is 1.56. The number of carbonyl (C=O) groups is 1. The van der Waals surface area contributed by atoms with Gasteiger partial charge in [-0.2, -0.15) is 0 Å². The largest absolute Gasteiger partial charge is 0.506 e. The van der Waals surface area contributed by atoms with Gasteiger partial charge in [0.25, 0.3) is 5.91 Å². The van der Waals surface area contributed by atoms with E-state index < -0.39 is 0 Å². The van der Waals surface area contributed by atoms with Crippen LogP contribution < -0.4 is 10.9 Å². The molecule has 0 unspecified atom stereocenters. The number of aliphatic imine (C=N–C) groups is 1. The molecule has 1 amide bonds. The Morgan fingerprint density at radius 1 is 1.12 bits per heavy atom. The van der Waals surface area contributed by atoms with Crippen LogP contribution in [0.25, 0.3) is 10.8 Å². The Labute approximate surface area is 167 Å². The first kappa shape index (κ1) is 18.6. The summed E-state index contributed by atoms with van der Waals surface area (Å²) in [5.74, 6) is 5.80. The Bertz CT molecular complexity index is 977. The van der Waals surface area contributed by atoms with E-state index in [1.165, 1.54) is 0 Å². The van der Waals surface area contributed by atoms with Crippen molar-refractivity contribution in [3.05, 3.63) is 69.1 Å². The summed E-state index contributed by atoms with van der Waals surface area (Å²) >= 11 is 6.52. The third-order valence-corrected chi connectivity index (χ3v) is 5.01. The summed E-state index contributed by atoms with van der Waals surface area (Å²) in [6.45, 7) is -0.0875. The molecule has 0 radical (unpaired) electrons. The van der Waals surface area contributed by atoms with Gasteiger partial charge in [-0.1, -0.05) is 36.4 Å². The third kappa shape index (κ3) is 3.95. The van der Waals surface area contributed by atoms with Gasteiger partial charge in [-0.3, -0.25) is 9.79 Å². The Morgan fingerprint density at radius 3 is 2.50 bits per heavy atom. The fourth-order valence-corrected chi connectivity index (χ4v) is 3.74. The molecule has 7 heteroatoms. The fourth-order valence-electron chi connectivity index (χ4n) is 2.52. The van der Waals surface area contributed by atoms with Crippen molar-refractivity contribution in [1.82, 2.24) is 0 Å². The molecule has 3 aromatic carbocycles. The van der Waals surface area contributed by atoms with Gasteiger partial charge in [0, 0.05) is 11.6 Å². The first-order valence-corrected chi connectivity index (χ1v) is 9.29. The zero-order valence-electron chi connectivity index (χ0n) is 13.6. The molecule has 0 aliphatic rings. The number of benzene rings is 3. The molecule has 3 N–H and O–H groups in total. The molecule has 0 heterocycles. The van der Waals surface area contributed by atoms with Crippen molar-refractivity contribution in [3.63, 3.8) is 0 Å². The van der Waals surface area contributed by atoms with Gasteiger partial charge in [0.05, 0.1) is 14.6 Å². The fraction of sp³-hybridized carbons (Fsp3) is 0.0526. The van der Waals surface area contributed by atoms with Gasteiger partial charge >= 0.3 is 0 Å². The Balaban J connectivity index is 1.75. The minimum absolute atomic E-state index is 0.0875. The Morgan fingerprint density at radius 2 is 1.77 bits per heavy atom. The number of nitrogens with two attached hydrogens (primary N) is 1. The second kappa shape index (κ2) is 7.99. The van der Waals surface area contributed by atoms with E-state index in [1.54, 1.807) is 24.4 Å². The van der Waals surface area contributed by atoms with E-state index in [4.69, 9.17) is 5.84 Å². The number of hydrazine groups is 1. The van der Waals surface area contributed by atoms with Crippen molar-refractivity contribution in [3.8, 4) is 5.75 Å². The van der Waals surface area contributed by atoms with Crippen LogP contribution in [0.3, 0.4) is 0 Å². The molecule has 0 aromatic heterocycles. The molecule has 0 bridgehead atoms. The van der Waals surface area contributed by atoms with Crippen LogP contribution in [0.1, 0.15) is 5.56 Å². The quantitative estimate of drug-likeness (QED) is 0.253. The summed E-state index contributed by atoms with van der Waals surface area (Å²) in [5, 5.41) is 12.8. The van der Waals surface area contributed by atoms with Crippen molar-refractivity contribution < 1.29 is 9.90 Å². The number of phenols is 1. The van der Waals surface area contributed by atoms with Crippen LogP contribution in [0.4, 0.5) is 5.69 Å². The average molecular weight is 477 g/mol. The van der Waals surface area contributed by atoms with Gasteiger partial charge in [0.1, 0.15) is 12.3 Å². The number of fused-ring (bicyclic) bond motifs is 1. The highest BCUT2D eigenvalue weighted by Gasteiger charge is 2.13. The van der Waals surface area contributed by atoms with Gasteiger partial charge in [-0.05, 0) is 61.0 Å². The van der Waals surface area contributed by atoms with E-state index >= 15 is 0 Å². The Kier molecular flexibility index (Phi) is 5.70.